The Morgan fingerprint density at radius 1 is 1.12 bits per heavy atom. The molecule has 0 spiro atoms. The minimum atomic E-state index is -3.72. The molecule has 4 atom stereocenters. The standard InChI is InChI=1S/C34H46N4O8S2/c1-23-20-38(24(2)22-39)33(40)29-19-27(36-34(41)35-26-11-14-28(44-5)15-12-26)13-16-30(29)46-25(3)9-6-7-17-45-31(23)21-37(4)48(42,43)32-10-8-18-47-32/h8,10-16,18-19,23-25,31,39H,6-7,9,17,20-22H2,1-5H3,(H2,35,36,41)/t23-,24+,25+,31+/m1/s1. The number of hydrogen-bond donors (Lipinski definition) is 3. The van der Waals surface area contributed by atoms with Crippen LogP contribution in [-0.2, 0) is 14.8 Å². The van der Waals surface area contributed by atoms with Gasteiger partial charge < -0.3 is 34.9 Å². The summed E-state index contributed by atoms with van der Waals surface area (Å²) in [5, 5.41) is 17.5. The van der Waals surface area contributed by atoms with Gasteiger partial charge in [0.1, 0.15) is 15.7 Å². The van der Waals surface area contributed by atoms with Crippen molar-refractivity contribution in [3.63, 3.8) is 0 Å². The zero-order valence-corrected chi connectivity index (χ0v) is 29.7. The molecule has 3 amide bonds. The summed E-state index contributed by atoms with van der Waals surface area (Å²) in [4.78, 5) is 28.8. The lowest BCUT2D eigenvalue weighted by Crippen LogP contribution is -2.48. The number of likely N-dealkylation sites (N-methyl/N-ethyl adjacent to an activating group) is 1. The van der Waals surface area contributed by atoms with E-state index in [-0.39, 0.29) is 41.5 Å². The van der Waals surface area contributed by atoms with Crippen LogP contribution in [0.3, 0.4) is 0 Å². The minimum Gasteiger partial charge on any atom is -0.497 e. The predicted molar refractivity (Wildman–Crippen MR) is 187 cm³/mol. The molecule has 0 unspecified atom stereocenters. The lowest BCUT2D eigenvalue weighted by atomic mass is 10.0. The third-order valence-electron chi connectivity index (χ3n) is 8.25. The third kappa shape index (κ3) is 9.69. The van der Waals surface area contributed by atoms with Crippen LogP contribution in [0.5, 0.6) is 11.5 Å². The molecule has 1 aliphatic heterocycles. The number of benzene rings is 2. The fourth-order valence-electron chi connectivity index (χ4n) is 5.35. The number of fused-ring (bicyclic) bond motifs is 1. The number of carbonyl (C=O) groups is 2. The number of aliphatic hydroxyl groups is 1. The van der Waals surface area contributed by atoms with E-state index in [0.717, 1.165) is 24.2 Å². The van der Waals surface area contributed by atoms with Gasteiger partial charge in [0.05, 0.1) is 37.5 Å². The summed E-state index contributed by atoms with van der Waals surface area (Å²) in [6.07, 6.45) is 1.49. The lowest BCUT2D eigenvalue weighted by molar-refractivity contribution is -0.00832. The number of nitrogens with one attached hydrogen (secondary N) is 2. The summed E-state index contributed by atoms with van der Waals surface area (Å²) in [7, 11) is -0.628. The Labute approximate surface area is 287 Å². The molecule has 262 valence electrons. The number of hydrogen-bond acceptors (Lipinski definition) is 9. The summed E-state index contributed by atoms with van der Waals surface area (Å²) >= 11 is 1.15. The molecular weight excluding hydrogens is 657 g/mol. The van der Waals surface area contributed by atoms with E-state index in [1.165, 1.54) is 11.4 Å². The van der Waals surface area contributed by atoms with Gasteiger partial charge in [0.25, 0.3) is 15.9 Å². The first-order valence-electron chi connectivity index (χ1n) is 16.0. The van der Waals surface area contributed by atoms with Crippen molar-refractivity contribution in [2.24, 2.45) is 5.92 Å². The molecule has 1 aromatic heterocycles. The van der Waals surface area contributed by atoms with Gasteiger partial charge in [0.15, 0.2) is 0 Å². The molecule has 12 nitrogen and oxygen atoms in total. The summed E-state index contributed by atoms with van der Waals surface area (Å²) in [6, 6.07) is 14.0. The Morgan fingerprint density at radius 2 is 1.83 bits per heavy atom. The number of aliphatic hydroxyl groups excluding tert-OH is 1. The number of nitrogens with zero attached hydrogens (tertiary/aromatic N) is 2. The highest BCUT2D eigenvalue weighted by molar-refractivity contribution is 7.91. The van der Waals surface area contributed by atoms with Crippen LogP contribution in [0.1, 0.15) is 50.4 Å². The Morgan fingerprint density at radius 3 is 2.50 bits per heavy atom. The highest BCUT2D eigenvalue weighted by atomic mass is 32.2. The number of urea groups is 1. The number of sulfonamides is 1. The summed E-state index contributed by atoms with van der Waals surface area (Å²) in [6.45, 7) is 5.96. The molecule has 48 heavy (non-hydrogen) atoms. The van der Waals surface area contributed by atoms with Crippen LogP contribution in [0.25, 0.3) is 0 Å². The molecule has 1 aliphatic rings. The molecular formula is C34H46N4O8S2. The molecule has 3 aromatic rings. The molecule has 4 rings (SSSR count). The van der Waals surface area contributed by atoms with E-state index in [1.54, 1.807) is 78.9 Å². The van der Waals surface area contributed by atoms with E-state index in [4.69, 9.17) is 14.2 Å². The monoisotopic (exact) mass is 702 g/mol. The highest BCUT2D eigenvalue weighted by Gasteiger charge is 2.32. The molecule has 0 bridgehead atoms. The van der Waals surface area contributed by atoms with Crippen LogP contribution in [-0.4, -0.2) is 93.4 Å². The van der Waals surface area contributed by atoms with Gasteiger partial charge in [-0.15, -0.1) is 11.3 Å². The van der Waals surface area contributed by atoms with Crippen molar-refractivity contribution in [3.05, 3.63) is 65.5 Å². The summed E-state index contributed by atoms with van der Waals surface area (Å²) in [5.41, 5.74) is 1.16. The van der Waals surface area contributed by atoms with Crippen molar-refractivity contribution in [2.75, 3.05) is 51.1 Å². The van der Waals surface area contributed by atoms with Gasteiger partial charge in [-0.25, -0.2) is 13.2 Å². The number of amides is 3. The third-order valence-corrected chi connectivity index (χ3v) is 11.5. The number of methoxy groups -OCH3 is 1. The van der Waals surface area contributed by atoms with Crippen molar-refractivity contribution in [1.29, 1.82) is 0 Å². The molecule has 2 aromatic carbocycles. The van der Waals surface area contributed by atoms with E-state index < -0.39 is 34.1 Å². The first-order chi connectivity index (χ1) is 22.9. The van der Waals surface area contributed by atoms with Crippen LogP contribution >= 0.6 is 11.3 Å². The van der Waals surface area contributed by atoms with Gasteiger partial charge in [-0.3, -0.25) is 4.79 Å². The maximum absolute atomic E-state index is 14.3. The Balaban J connectivity index is 1.61. The van der Waals surface area contributed by atoms with Crippen LogP contribution in [0.2, 0.25) is 0 Å². The second kappa shape index (κ2) is 17.1. The van der Waals surface area contributed by atoms with Gasteiger partial charge in [-0.1, -0.05) is 13.0 Å². The number of rotatable bonds is 9. The summed E-state index contributed by atoms with van der Waals surface area (Å²) in [5.74, 6) is 0.305. The molecule has 0 radical (unpaired) electrons. The zero-order chi connectivity index (χ0) is 34.8. The normalized spacial score (nSPS) is 20.3. The van der Waals surface area contributed by atoms with Crippen LogP contribution < -0.4 is 20.1 Å². The van der Waals surface area contributed by atoms with E-state index in [2.05, 4.69) is 10.6 Å². The van der Waals surface area contributed by atoms with Crippen molar-refractivity contribution < 1.29 is 37.3 Å². The van der Waals surface area contributed by atoms with E-state index in [9.17, 15) is 23.1 Å². The van der Waals surface area contributed by atoms with E-state index >= 15 is 0 Å². The number of carbonyl (C=O) groups excluding carboxylic acids is 2. The largest absolute Gasteiger partial charge is 0.497 e. The zero-order valence-electron chi connectivity index (χ0n) is 28.0. The summed E-state index contributed by atoms with van der Waals surface area (Å²) < 4.78 is 45.8. The predicted octanol–water partition coefficient (Wildman–Crippen LogP) is 5.52. The highest BCUT2D eigenvalue weighted by Crippen LogP contribution is 2.29. The first-order valence-corrected chi connectivity index (χ1v) is 18.3. The SMILES string of the molecule is COc1ccc(NC(=O)Nc2ccc3c(c2)C(=O)N([C@@H](C)CO)C[C@@H](C)[C@H](CN(C)S(=O)(=O)c2cccs2)OCCCC[C@H](C)O3)cc1. The van der Waals surface area contributed by atoms with Crippen molar-refractivity contribution in [1.82, 2.24) is 9.21 Å². The molecule has 0 saturated heterocycles. The van der Waals surface area contributed by atoms with Gasteiger partial charge in [0.2, 0.25) is 0 Å². The van der Waals surface area contributed by atoms with Crippen LogP contribution in [0.4, 0.5) is 16.2 Å². The average molecular weight is 703 g/mol. The smallest absolute Gasteiger partial charge is 0.323 e. The first kappa shape index (κ1) is 37.1. The molecule has 3 N–H and O–H groups in total. The Hall–Kier alpha value is -3.69. The number of thiophene rings is 1. The van der Waals surface area contributed by atoms with Crippen LogP contribution in [0.15, 0.2) is 64.2 Å². The Bertz CT molecular complexity index is 1600. The molecule has 2 heterocycles. The quantitative estimate of drug-likeness (QED) is 0.264. The van der Waals surface area contributed by atoms with Crippen molar-refractivity contribution >= 4 is 44.7 Å². The van der Waals surface area contributed by atoms with Crippen LogP contribution in [0, 0.1) is 5.92 Å². The van der Waals surface area contributed by atoms with Gasteiger partial charge >= 0.3 is 6.03 Å². The van der Waals surface area contributed by atoms with Gasteiger partial charge in [-0.2, -0.15) is 4.31 Å². The second-order valence-electron chi connectivity index (χ2n) is 12.0. The van der Waals surface area contributed by atoms with E-state index in [1.807, 2.05) is 13.8 Å². The fraction of sp³-hybridized carbons (Fsp3) is 0.471. The molecule has 14 heteroatoms. The van der Waals surface area contributed by atoms with Gasteiger partial charge in [-0.05, 0) is 87.0 Å². The lowest BCUT2D eigenvalue weighted by Gasteiger charge is -2.35. The maximum Gasteiger partial charge on any atom is 0.323 e. The Kier molecular flexibility index (Phi) is 13.2. The maximum atomic E-state index is 14.3. The van der Waals surface area contributed by atoms with Crippen molar-refractivity contribution in [3.8, 4) is 11.5 Å². The van der Waals surface area contributed by atoms with Crippen molar-refractivity contribution in [2.45, 2.75) is 62.5 Å². The number of ether oxygens (including phenoxy) is 3. The molecule has 0 fully saturated rings. The minimum absolute atomic E-state index is 0.0877. The number of anilines is 2. The van der Waals surface area contributed by atoms with Gasteiger partial charge in [0, 0.05) is 44.0 Å². The molecule has 0 saturated carbocycles. The average Bonchev–Trinajstić information content (AvgIpc) is 3.62. The van der Waals surface area contributed by atoms with E-state index in [0.29, 0.717) is 35.9 Å². The molecule has 0 aliphatic carbocycles. The fourth-order valence-corrected chi connectivity index (χ4v) is 7.73. The topological polar surface area (TPSA) is 147 Å². The second-order valence-corrected chi connectivity index (χ2v) is 15.3.